The molecule has 6 heteroatoms. The topological polar surface area (TPSA) is 44.8 Å². The molecule has 1 N–H and O–H groups in total. The summed E-state index contributed by atoms with van der Waals surface area (Å²) in [6.07, 6.45) is 1.91. The Labute approximate surface area is 172 Å². The van der Waals surface area contributed by atoms with Gasteiger partial charge in [0.05, 0.1) is 7.11 Å². The smallest absolute Gasteiger partial charge is 0.318 e. The molecule has 0 bridgehead atoms. The van der Waals surface area contributed by atoms with Crippen molar-refractivity contribution in [3.8, 4) is 5.75 Å². The lowest BCUT2D eigenvalue weighted by atomic mass is 10.1. The summed E-state index contributed by atoms with van der Waals surface area (Å²) in [5.41, 5.74) is 2.80. The fourth-order valence-electron chi connectivity index (χ4n) is 3.61. The monoisotopic (exact) mass is 399 g/mol. The third kappa shape index (κ3) is 5.94. The molecule has 0 atom stereocenters. The van der Waals surface area contributed by atoms with Crippen LogP contribution in [0.1, 0.15) is 29.5 Å². The van der Waals surface area contributed by atoms with Crippen molar-refractivity contribution in [1.82, 2.24) is 15.1 Å². The summed E-state index contributed by atoms with van der Waals surface area (Å²) < 4.78 is 18.7. The molecule has 0 radical (unpaired) electrons. The van der Waals surface area contributed by atoms with Crippen molar-refractivity contribution in [3.63, 3.8) is 0 Å². The number of hydrogen-bond acceptors (Lipinski definition) is 3. The van der Waals surface area contributed by atoms with Crippen LogP contribution >= 0.6 is 0 Å². The third-order valence-electron chi connectivity index (χ3n) is 5.53. The lowest BCUT2D eigenvalue weighted by molar-refractivity contribution is 0.176. The van der Waals surface area contributed by atoms with Gasteiger partial charge >= 0.3 is 6.03 Å². The fraction of sp³-hybridized carbons (Fsp3) is 0.435. The van der Waals surface area contributed by atoms with Gasteiger partial charge in [0, 0.05) is 19.1 Å². The summed E-state index contributed by atoms with van der Waals surface area (Å²) in [5, 5.41) is 3.19. The highest BCUT2D eigenvalue weighted by molar-refractivity contribution is 5.74. The maximum Gasteiger partial charge on any atom is 0.318 e. The number of likely N-dealkylation sites (tertiary alicyclic amines) is 1. The summed E-state index contributed by atoms with van der Waals surface area (Å²) in [4.78, 5) is 17.2. The van der Waals surface area contributed by atoms with Gasteiger partial charge in [0.15, 0.2) is 0 Å². The number of benzene rings is 2. The Kier molecular flexibility index (Phi) is 7.09. The number of urea groups is 1. The van der Waals surface area contributed by atoms with Crippen molar-refractivity contribution in [2.45, 2.75) is 38.9 Å². The van der Waals surface area contributed by atoms with Gasteiger partial charge in [-0.2, -0.15) is 0 Å². The maximum atomic E-state index is 13.5. The second-order valence-electron chi connectivity index (χ2n) is 7.80. The number of ether oxygens (including phenoxy) is 1. The van der Waals surface area contributed by atoms with Crippen LogP contribution in [-0.2, 0) is 13.1 Å². The number of piperidine rings is 1. The van der Waals surface area contributed by atoms with Crippen molar-refractivity contribution in [1.29, 1.82) is 0 Å². The third-order valence-corrected chi connectivity index (χ3v) is 5.53. The van der Waals surface area contributed by atoms with Crippen molar-refractivity contribution in [2.24, 2.45) is 0 Å². The Morgan fingerprint density at radius 2 is 1.86 bits per heavy atom. The summed E-state index contributed by atoms with van der Waals surface area (Å²) in [6, 6.07) is 12.5. The molecule has 1 aliphatic rings. The van der Waals surface area contributed by atoms with Crippen LogP contribution in [0.25, 0.3) is 0 Å². The first-order valence-corrected chi connectivity index (χ1v) is 10.1. The van der Waals surface area contributed by atoms with Gasteiger partial charge in [-0.05, 0) is 80.9 Å². The summed E-state index contributed by atoms with van der Waals surface area (Å²) in [5.74, 6) is 0.522. The summed E-state index contributed by atoms with van der Waals surface area (Å²) in [6.45, 7) is 4.75. The van der Waals surface area contributed by atoms with E-state index in [-0.39, 0.29) is 17.9 Å². The molecule has 0 aromatic heterocycles. The van der Waals surface area contributed by atoms with Gasteiger partial charge in [-0.1, -0.05) is 18.2 Å². The van der Waals surface area contributed by atoms with Gasteiger partial charge in [0.25, 0.3) is 0 Å². The van der Waals surface area contributed by atoms with Crippen LogP contribution in [0.15, 0.2) is 42.5 Å². The molecule has 3 rings (SSSR count). The Morgan fingerprint density at radius 3 is 2.48 bits per heavy atom. The van der Waals surface area contributed by atoms with Gasteiger partial charge in [0.2, 0.25) is 0 Å². The van der Waals surface area contributed by atoms with E-state index in [1.54, 1.807) is 18.1 Å². The van der Waals surface area contributed by atoms with E-state index in [4.69, 9.17) is 4.74 Å². The second kappa shape index (κ2) is 9.74. The van der Waals surface area contributed by atoms with Crippen molar-refractivity contribution in [3.05, 3.63) is 65.0 Å². The molecule has 156 valence electrons. The Balaban J connectivity index is 1.74. The predicted molar refractivity (Wildman–Crippen MR) is 112 cm³/mol. The zero-order chi connectivity index (χ0) is 20.8. The molecule has 0 unspecified atom stereocenters. The average molecular weight is 400 g/mol. The minimum atomic E-state index is -0.260. The molecule has 0 spiro atoms. The highest BCUT2D eigenvalue weighted by atomic mass is 19.1. The number of amides is 2. The molecule has 2 amide bonds. The van der Waals surface area contributed by atoms with E-state index >= 15 is 0 Å². The average Bonchev–Trinajstić information content (AvgIpc) is 2.71. The molecule has 2 aromatic carbocycles. The number of halogens is 1. The van der Waals surface area contributed by atoms with Gasteiger partial charge in [0.1, 0.15) is 11.6 Å². The van der Waals surface area contributed by atoms with Crippen molar-refractivity contribution >= 4 is 6.03 Å². The first-order chi connectivity index (χ1) is 13.9. The van der Waals surface area contributed by atoms with E-state index in [2.05, 4.69) is 17.3 Å². The lowest BCUT2D eigenvalue weighted by Crippen LogP contribution is -2.48. The molecule has 1 fully saturated rings. The zero-order valence-corrected chi connectivity index (χ0v) is 17.5. The van der Waals surface area contributed by atoms with Crippen LogP contribution in [0.5, 0.6) is 5.75 Å². The normalized spacial score (nSPS) is 15.2. The number of nitrogens with zero attached hydrogens (tertiary/aromatic N) is 2. The van der Waals surface area contributed by atoms with E-state index < -0.39 is 0 Å². The quantitative estimate of drug-likeness (QED) is 0.800. The van der Waals surface area contributed by atoms with E-state index in [9.17, 15) is 9.18 Å². The van der Waals surface area contributed by atoms with Gasteiger partial charge in [-0.15, -0.1) is 0 Å². The molecule has 0 aliphatic carbocycles. The number of nitrogens with one attached hydrogen (secondary N) is 1. The molecular weight excluding hydrogens is 369 g/mol. The van der Waals surface area contributed by atoms with Crippen LogP contribution in [0, 0.1) is 12.7 Å². The van der Waals surface area contributed by atoms with Crippen LogP contribution in [0.3, 0.4) is 0 Å². The van der Waals surface area contributed by atoms with Crippen LogP contribution in [0.2, 0.25) is 0 Å². The largest absolute Gasteiger partial charge is 0.497 e. The Hall–Kier alpha value is -2.60. The van der Waals surface area contributed by atoms with E-state index in [1.165, 1.54) is 12.1 Å². The minimum Gasteiger partial charge on any atom is -0.497 e. The Bertz CT molecular complexity index is 817. The van der Waals surface area contributed by atoms with Crippen LogP contribution < -0.4 is 10.1 Å². The van der Waals surface area contributed by atoms with E-state index in [0.29, 0.717) is 13.1 Å². The first kappa shape index (κ1) is 21.1. The highest BCUT2D eigenvalue weighted by Gasteiger charge is 2.22. The van der Waals surface area contributed by atoms with Crippen LogP contribution in [0.4, 0.5) is 9.18 Å². The first-order valence-electron chi connectivity index (χ1n) is 10.1. The van der Waals surface area contributed by atoms with E-state index in [0.717, 1.165) is 48.4 Å². The molecule has 1 aliphatic heterocycles. The van der Waals surface area contributed by atoms with E-state index in [1.807, 2.05) is 31.2 Å². The molecule has 1 heterocycles. The minimum absolute atomic E-state index is 0.0842. The highest BCUT2D eigenvalue weighted by Crippen LogP contribution is 2.18. The van der Waals surface area contributed by atoms with Gasteiger partial charge < -0.3 is 19.9 Å². The summed E-state index contributed by atoms with van der Waals surface area (Å²) in [7, 11) is 3.74. The second-order valence-corrected chi connectivity index (χ2v) is 7.80. The number of carbonyl (C=O) groups is 1. The molecule has 5 nitrogen and oxygen atoms in total. The molecular formula is C23H30FN3O2. The SMILES string of the molecule is COc1ccc(CN(Cc2ccc(F)cc2C)C(=O)NC2CCN(C)CC2)cc1. The van der Waals surface area contributed by atoms with Gasteiger partial charge in [-0.3, -0.25) is 0 Å². The molecule has 29 heavy (non-hydrogen) atoms. The number of aryl methyl sites for hydroxylation is 1. The predicted octanol–water partition coefficient (Wildman–Crippen LogP) is 3.95. The Morgan fingerprint density at radius 1 is 1.17 bits per heavy atom. The molecule has 2 aromatic rings. The van der Waals surface area contributed by atoms with Gasteiger partial charge in [-0.25, -0.2) is 9.18 Å². The lowest BCUT2D eigenvalue weighted by Gasteiger charge is -2.32. The summed E-state index contributed by atoms with van der Waals surface area (Å²) >= 11 is 0. The molecule has 0 saturated carbocycles. The van der Waals surface area contributed by atoms with Crippen molar-refractivity contribution < 1.29 is 13.9 Å². The van der Waals surface area contributed by atoms with Crippen molar-refractivity contribution in [2.75, 3.05) is 27.2 Å². The number of rotatable bonds is 6. The fourth-order valence-corrected chi connectivity index (χ4v) is 3.61. The number of hydrogen-bond donors (Lipinski definition) is 1. The van der Waals surface area contributed by atoms with Crippen LogP contribution in [-0.4, -0.2) is 49.1 Å². The molecule has 1 saturated heterocycles. The number of carbonyl (C=O) groups excluding carboxylic acids is 1. The zero-order valence-electron chi connectivity index (χ0n) is 17.5. The standard InChI is InChI=1S/C23H30FN3O2/c1-17-14-20(24)7-6-19(17)16-27(15-18-4-8-22(29-3)9-5-18)23(28)25-21-10-12-26(2)13-11-21/h4-9,14,21H,10-13,15-16H2,1-3H3,(H,25,28). The number of methoxy groups -OCH3 is 1. The maximum absolute atomic E-state index is 13.5.